The fourth-order valence-electron chi connectivity index (χ4n) is 2.96. The molecule has 0 aromatic carbocycles. The van der Waals surface area contributed by atoms with Gasteiger partial charge >= 0.3 is 0 Å². The van der Waals surface area contributed by atoms with Crippen LogP contribution in [-0.2, 0) is 9.59 Å². The van der Waals surface area contributed by atoms with Crippen LogP contribution in [0.25, 0.3) is 0 Å². The van der Waals surface area contributed by atoms with Gasteiger partial charge in [0.15, 0.2) is 0 Å². The molecule has 3 rings (SSSR count). The molecule has 3 heterocycles. The Labute approximate surface area is 140 Å². The van der Waals surface area contributed by atoms with Crippen molar-refractivity contribution in [1.29, 1.82) is 0 Å². The summed E-state index contributed by atoms with van der Waals surface area (Å²) >= 11 is 0. The summed E-state index contributed by atoms with van der Waals surface area (Å²) in [6.45, 7) is 1.98. The molecule has 0 aliphatic carbocycles. The molecule has 2 fully saturated rings. The second-order valence-electron chi connectivity index (χ2n) is 5.99. The van der Waals surface area contributed by atoms with E-state index in [2.05, 4.69) is 20.9 Å². The van der Waals surface area contributed by atoms with Gasteiger partial charge in [-0.1, -0.05) is 0 Å². The second kappa shape index (κ2) is 7.39. The number of hydrogen-bond acceptors (Lipinski definition) is 5. The zero-order valence-electron chi connectivity index (χ0n) is 13.3. The molecule has 0 saturated carbocycles. The van der Waals surface area contributed by atoms with Crippen molar-refractivity contribution in [2.24, 2.45) is 0 Å². The number of nitrogens with zero attached hydrogens (tertiary/aromatic N) is 2. The maximum atomic E-state index is 12.5. The molecule has 3 N–H and O–H groups in total. The van der Waals surface area contributed by atoms with E-state index >= 15 is 0 Å². The molecule has 0 bridgehead atoms. The quantitative estimate of drug-likeness (QED) is 0.652. The van der Waals surface area contributed by atoms with Crippen molar-refractivity contribution < 1.29 is 14.4 Å². The number of carbonyl (C=O) groups is 3. The Morgan fingerprint density at radius 2 is 2.21 bits per heavy atom. The molecular weight excluding hydrogens is 310 g/mol. The van der Waals surface area contributed by atoms with Gasteiger partial charge in [0.1, 0.15) is 12.1 Å². The lowest BCUT2D eigenvalue weighted by atomic mass is 10.1. The highest BCUT2D eigenvalue weighted by Crippen LogP contribution is 2.08. The predicted molar refractivity (Wildman–Crippen MR) is 86.1 cm³/mol. The number of pyridine rings is 1. The van der Waals surface area contributed by atoms with Gasteiger partial charge in [0, 0.05) is 38.6 Å². The van der Waals surface area contributed by atoms with E-state index in [1.54, 1.807) is 23.2 Å². The first-order valence-corrected chi connectivity index (χ1v) is 8.16. The van der Waals surface area contributed by atoms with Crippen molar-refractivity contribution in [1.82, 2.24) is 25.8 Å². The van der Waals surface area contributed by atoms with Crippen LogP contribution >= 0.6 is 0 Å². The first kappa shape index (κ1) is 16.4. The summed E-state index contributed by atoms with van der Waals surface area (Å²) in [4.78, 5) is 42.2. The van der Waals surface area contributed by atoms with Crippen molar-refractivity contribution in [3.05, 3.63) is 30.1 Å². The van der Waals surface area contributed by atoms with Crippen LogP contribution in [0.4, 0.5) is 0 Å². The van der Waals surface area contributed by atoms with Gasteiger partial charge in [0.05, 0.1) is 5.56 Å². The van der Waals surface area contributed by atoms with Crippen molar-refractivity contribution in [3.8, 4) is 0 Å². The second-order valence-corrected chi connectivity index (χ2v) is 5.99. The van der Waals surface area contributed by atoms with Crippen LogP contribution in [0.2, 0.25) is 0 Å². The Kier molecular flexibility index (Phi) is 5.05. The van der Waals surface area contributed by atoms with Crippen molar-refractivity contribution >= 4 is 17.7 Å². The molecular formula is C16H21N5O3. The molecule has 2 atom stereocenters. The minimum Gasteiger partial charge on any atom is -0.354 e. The van der Waals surface area contributed by atoms with Crippen LogP contribution in [0.5, 0.6) is 0 Å². The number of rotatable bonds is 3. The largest absolute Gasteiger partial charge is 0.354 e. The van der Waals surface area contributed by atoms with E-state index < -0.39 is 12.1 Å². The van der Waals surface area contributed by atoms with Gasteiger partial charge in [-0.05, 0) is 25.0 Å². The average Bonchev–Trinajstić information content (AvgIpc) is 2.64. The minimum absolute atomic E-state index is 0.141. The summed E-state index contributed by atoms with van der Waals surface area (Å²) in [6, 6.07) is 2.41. The molecule has 1 aromatic heterocycles. The predicted octanol–water partition coefficient (Wildman–Crippen LogP) is -1.11. The van der Waals surface area contributed by atoms with Gasteiger partial charge in [-0.3, -0.25) is 19.4 Å². The van der Waals surface area contributed by atoms with Gasteiger partial charge in [-0.2, -0.15) is 0 Å². The van der Waals surface area contributed by atoms with Gasteiger partial charge < -0.3 is 20.9 Å². The van der Waals surface area contributed by atoms with E-state index in [0.717, 1.165) is 6.42 Å². The maximum absolute atomic E-state index is 12.5. The Hall–Kier alpha value is -2.48. The van der Waals surface area contributed by atoms with Gasteiger partial charge in [-0.15, -0.1) is 0 Å². The van der Waals surface area contributed by atoms with E-state index in [1.165, 1.54) is 6.20 Å². The lowest BCUT2D eigenvalue weighted by Gasteiger charge is -2.34. The maximum Gasteiger partial charge on any atom is 0.255 e. The van der Waals surface area contributed by atoms with E-state index in [9.17, 15) is 14.4 Å². The normalized spacial score (nSPS) is 24.2. The highest BCUT2D eigenvalue weighted by Gasteiger charge is 2.31. The summed E-state index contributed by atoms with van der Waals surface area (Å²) < 4.78 is 0. The van der Waals surface area contributed by atoms with Crippen LogP contribution in [0.3, 0.4) is 0 Å². The fourth-order valence-corrected chi connectivity index (χ4v) is 2.96. The minimum atomic E-state index is -0.519. The van der Waals surface area contributed by atoms with Crippen LogP contribution in [0, 0.1) is 0 Å². The molecule has 1 aromatic rings. The highest BCUT2D eigenvalue weighted by atomic mass is 16.2. The Bertz CT molecular complexity index is 621. The summed E-state index contributed by atoms with van der Waals surface area (Å²) in [7, 11) is 0. The Morgan fingerprint density at radius 3 is 2.96 bits per heavy atom. The lowest BCUT2D eigenvalue weighted by molar-refractivity contribution is -0.131. The molecule has 2 unspecified atom stereocenters. The molecule has 128 valence electrons. The van der Waals surface area contributed by atoms with E-state index in [1.807, 2.05) is 0 Å². The molecule has 0 spiro atoms. The third-order valence-electron chi connectivity index (χ3n) is 4.29. The molecule has 2 aliphatic heterocycles. The number of aromatic nitrogens is 1. The number of nitrogens with one attached hydrogen (secondary N) is 3. The van der Waals surface area contributed by atoms with Crippen LogP contribution < -0.4 is 16.0 Å². The first-order valence-electron chi connectivity index (χ1n) is 8.16. The molecule has 8 heteroatoms. The molecule has 0 radical (unpaired) electrons. The van der Waals surface area contributed by atoms with Crippen LogP contribution in [0.15, 0.2) is 24.5 Å². The zero-order chi connectivity index (χ0) is 16.9. The van der Waals surface area contributed by atoms with E-state index in [4.69, 9.17) is 0 Å². The SMILES string of the molecule is O=C(NC1CCCNC1=O)C1CN(C(=O)c2cccnc2)CCN1. The number of piperidine rings is 1. The molecule has 8 nitrogen and oxygen atoms in total. The van der Waals surface area contributed by atoms with Crippen molar-refractivity contribution in [2.45, 2.75) is 24.9 Å². The zero-order valence-corrected chi connectivity index (χ0v) is 13.3. The molecule has 3 amide bonds. The van der Waals surface area contributed by atoms with E-state index in [-0.39, 0.29) is 24.3 Å². The molecule has 24 heavy (non-hydrogen) atoms. The van der Waals surface area contributed by atoms with E-state index in [0.29, 0.717) is 31.6 Å². The Balaban J connectivity index is 1.59. The van der Waals surface area contributed by atoms with Gasteiger partial charge in [0.25, 0.3) is 5.91 Å². The highest BCUT2D eigenvalue weighted by molar-refractivity contribution is 5.95. The third kappa shape index (κ3) is 3.70. The summed E-state index contributed by atoms with van der Waals surface area (Å²) in [5.41, 5.74) is 0.505. The lowest BCUT2D eigenvalue weighted by Crippen LogP contribution is -2.61. The van der Waals surface area contributed by atoms with Gasteiger partial charge in [-0.25, -0.2) is 0 Å². The first-order chi connectivity index (χ1) is 11.6. The van der Waals surface area contributed by atoms with Gasteiger partial charge in [0.2, 0.25) is 11.8 Å². The summed E-state index contributed by atoms with van der Waals surface area (Å²) in [5, 5.41) is 8.62. The number of carbonyl (C=O) groups excluding carboxylic acids is 3. The third-order valence-corrected chi connectivity index (χ3v) is 4.29. The van der Waals surface area contributed by atoms with Crippen LogP contribution in [-0.4, -0.2) is 65.9 Å². The standard InChI is InChI=1S/C16H21N5O3/c22-14-12(4-2-6-19-14)20-15(23)13-10-21(8-7-18-13)16(24)11-3-1-5-17-9-11/h1,3,5,9,12-13,18H,2,4,6-8,10H2,(H,19,22)(H,20,23). The van der Waals surface area contributed by atoms with Crippen molar-refractivity contribution in [2.75, 3.05) is 26.2 Å². The summed E-state index contributed by atoms with van der Waals surface area (Å²) in [6.07, 6.45) is 4.62. The Morgan fingerprint density at radius 1 is 1.33 bits per heavy atom. The van der Waals surface area contributed by atoms with Crippen molar-refractivity contribution in [3.63, 3.8) is 0 Å². The number of piperazine rings is 1. The molecule has 2 saturated heterocycles. The smallest absolute Gasteiger partial charge is 0.255 e. The number of hydrogen-bond donors (Lipinski definition) is 3. The number of amides is 3. The monoisotopic (exact) mass is 331 g/mol. The van der Waals surface area contributed by atoms with Crippen LogP contribution in [0.1, 0.15) is 23.2 Å². The molecule has 2 aliphatic rings. The fraction of sp³-hybridized carbons (Fsp3) is 0.500. The summed E-state index contributed by atoms with van der Waals surface area (Å²) in [5.74, 6) is -0.535. The average molecular weight is 331 g/mol. The topological polar surface area (TPSA) is 103 Å².